The summed E-state index contributed by atoms with van der Waals surface area (Å²) in [7, 11) is 1.55. The van der Waals surface area contributed by atoms with Crippen LogP contribution in [0.25, 0.3) is 0 Å². The average molecular weight is 377 g/mol. The zero-order chi connectivity index (χ0) is 20.3. The van der Waals surface area contributed by atoms with Crippen LogP contribution in [0.5, 0.6) is 0 Å². The maximum Gasteiger partial charge on any atom is 0.299 e. The zero-order valence-corrected chi connectivity index (χ0v) is 15.5. The Morgan fingerprint density at radius 3 is 2.43 bits per heavy atom. The minimum Gasteiger partial charge on any atom is -0.355 e. The maximum atomic E-state index is 12.4. The molecular formula is C21H19N3O4. The monoisotopic (exact) mass is 377 g/mol. The summed E-state index contributed by atoms with van der Waals surface area (Å²) < 4.78 is 0. The van der Waals surface area contributed by atoms with E-state index in [1.165, 1.54) is 17.0 Å². The predicted molar refractivity (Wildman–Crippen MR) is 105 cm³/mol. The number of allylic oxidation sites excluding steroid dienone is 1. The van der Waals surface area contributed by atoms with Crippen molar-refractivity contribution in [1.82, 2.24) is 5.32 Å². The first kappa shape index (κ1) is 19.0. The van der Waals surface area contributed by atoms with Gasteiger partial charge in [0, 0.05) is 18.3 Å². The molecule has 1 aliphatic rings. The van der Waals surface area contributed by atoms with Gasteiger partial charge in [-0.3, -0.25) is 19.2 Å². The van der Waals surface area contributed by atoms with E-state index in [9.17, 15) is 19.2 Å². The fourth-order valence-electron chi connectivity index (χ4n) is 2.96. The molecule has 3 rings (SSSR count). The molecule has 0 spiro atoms. The number of amides is 3. The highest BCUT2D eigenvalue weighted by atomic mass is 16.2. The molecule has 0 bridgehead atoms. The van der Waals surface area contributed by atoms with Crippen LogP contribution in [0.15, 0.2) is 54.6 Å². The number of hydrogen-bond donors (Lipinski definition) is 2. The summed E-state index contributed by atoms with van der Waals surface area (Å²) in [6.07, 6.45) is 2.98. The highest BCUT2D eigenvalue weighted by Gasteiger charge is 2.36. The lowest BCUT2D eigenvalue weighted by Crippen LogP contribution is -2.29. The van der Waals surface area contributed by atoms with E-state index in [1.54, 1.807) is 56.4 Å². The van der Waals surface area contributed by atoms with Crippen molar-refractivity contribution in [2.45, 2.75) is 13.5 Å². The first-order chi connectivity index (χ1) is 13.4. The van der Waals surface area contributed by atoms with Crippen molar-refractivity contribution in [2.24, 2.45) is 0 Å². The number of nitrogens with zero attached hydrogens (tertiary/aromatic N) is 1. The Kier molecular flexibility index (Phi) is 5.35. The molecule has 0 aliphatic carbocycles. The molecule has 2 aromatic rings. The van der Waals surface area contributed by atoms with E-state index in [-0.39, 0.29) is 23.9 Å². The number of anilines is 2. The molecule has 7 heteroatoms. The van der Waals surface area contributed by atoms with Gasteiger partial charge in [0.1, 0.15) is 0 Å². The molecule has 0 unspecified atom stereocenters. The normalized spacial score (nSPS) is 13.0. The Morgan fingerprint density at radius 2 is 1.79 bits per heavy atom. The number of hydrogen-bond acceptors (Lipinski definition) is 4. The quantitative estimate of drug-likeness (QED) is 0.617. The smallest absolute Gasteiger partial charge is 0.299 e. The molecule has 0 radical (unpaired) electrons. The number of Topliss-reactive ketones (excluding diaryl/α,β-unsaturated/α-hetero) is 1. The summed E-state index contributed by atoms with van der Waals surface area (Å²) in [6, 6.07) is 11.6. The summed E-state index contributed by atoms with van der Waals surface area (Å²) in [5.74, 6) is -1.74. The van der Waals surface area contributed by atoms with Crippen LogP contribution in [0.1, 0.15) is 33.2 Å². The summed E-state index contributed by atoms with van der Waals surface area (Å²) in [5, 5.41) is 5.19. The van der Waals surface area contributed by atoms with E-state index in [0.29, 0.717) is 16.9 Å². The van der Waals surface area contributed by atoms with E-state index in [4.69, 9.17) is 0 Å². The molecule has 3 amide bonds. The van der Waals surface area contributed by atoms with Crippen molar-refractivity contribution < 1.29 is 19.2 Å². The number of ketones is 1. The molecule has 0 saturated carbocycles. The van der Waals surface area contributed by atoms with Gasteiger partial charge >= 0.3 is 0 Å². The van der Waals surface area contributed by atoms with Crippen molar-refractivity contribution in [1.29, 1.82) is 0 Å². The van der Waals surface area contributed by atoms with Crippen LogP contribution in [0.4, 0.5) is 11.4 Å². The molecule has 1 aliphatic heterocycles. The van der Waals surface area contributed by atoms with Gasteiger partial charge in [0.15, 0.2) is 0 Å². The number of carbonyl (C=O) groups is 4. The van der Waals surface area contributed by atoms with Gasteiger partial charge in [0.25, 0.3) is 17.6 Å². The lowest BCUT2D eigenvalue weighted by Gasteiger charge is -2.17. The minimum absolute atomic E-state index is 0.197. The Labute approximate surface area is 162 Å². The second-order valence-corrected chi connectivity index (χ2v) is 6.22. The second kappa shape index (κ2) is 7.87. The third-order valence-corrected chi connectivity index (χ3v) is 4.34. The number of nitrogens with one attached hydrogen (secondary N) is 2. The van der Waals surface area contributed by atoms with E-state index in [1.807, 2.05) is 0 Å². The van der Waals surface area contributed by atoms with Crippen molar-refractivity contribution in [3.63, 3.8) is 0 Å². The molecule has 142 valence electrons. The highest BCUT2D eigenvalue weighted by Crippen LogP contribution is 2.32. The first-order valence-corrected chi connectivity index (χ1v) is 8.69. The van der Waals surface area contributed by atoms with Gasteiger partial charge in [-0.2, -0.15) is 0 Å². The second-order valence-electron chi connectivity index (χ2n) is 6.22. The standard InChI is InChI=1S/C21H19N3O4/c1-3-4-18(25)23-15-9-10-17-16(11-15)19(26)21(28)24(17)12-13-5-7-14(8-6-13)20(27)22-2/h3-11H,12H2,1-2H3,(H,22,27)(H,23,25)/b4-3+. The van der Waals surface area contributed by atoms with E-state index in [0.717, 1.165) is 5.56 Å². The Morgan fingerprint density at radius 1 is 1.07 bits per heavy atom. The summed E-state index contributed by atoms with van der Waals surface area (Å²) in [4.78, 5) is 49.5. The van der Waals surface area contributed by atoms with E-state index in [2.05, 4.69) is 10.6 Å². The predicted octanol–water partition coefficient (Wildman–Crippen LogP) is 2.29. The van der Waals surface area contributed by atoms with Crippen LogP contribution >= 0.6 is 0 Å². The third-order valence-electron chi connectivity index (χ3n) is 4.34. The van der Waals surface area contributed by atoms with Gasteiger partial charge in [-0.15, -0.1) is 0 Å². The summed E-state index contributed by atoms with van der Waals surface area (Å²) in [5.41, 5.74) is 2.49. The molecule has 0 saturated heterocycles. The average Bonchev–Trinajstić information content (AvgIpc) is 2.92. The fraction of sp³-hybridized carbons (Fsp3) is 0.143. The van der Waals surface area contributed by atoms with Crippen LogP contribution < -0.4 is 15.5 Å². The van der Waals surface area contributed by atoms with Crippen LogP contribution in [0.2, 0.25) is 0 Å². The van der Waals surface area contributed by atoms with Gasteiger partial charge in [0.2, 0.25) is 5.91 Å². The Balaban J connectivity index is 1.83. The number of rotatable bonds is 5. The van der Waals surface area contributed by atoms with Gasteiger partial charge in [0.05, 0.1) is 17.8 Å². The van der Waals surface area contributed by atoms with E-state index >= 15 is 0 Å². The number of benzene rings is 2. The van der Waals surface area contributed by atoms with Gasteiger partial charge < -0.3 is 15.5 Å². The van der Waals surface area contributed by atoms with Crippen molar-refractivity contribution in [3.8, 4) is 0 Å². The third kappa shape index (κ3) is 3.68. The number of carbonyl (C=O) groups excluding carboxylic acids is 4. The molecule has 0 aromatic heterocycles. The summed E-state index contributed by atoms with van der Waals surface area (Å²) >= 11 is 0. The molecule has 0 atom stereocenters. The van der Waals surface area contributed by atoms with E-state index < -0.39 is 11.7 Å². The molecule has 2 aromatic carbocycles. The van der Waals surface area contributed by atoms with Gasteiger partial charge in [-0.05, 0) is 48.9 Å². The topological polar surface area (TPSA) is 95.6 Å². The molecule has 2 N–H and O–H groups in total. The minimum atomic E-state index is -0.623. The summed E-state index contributed by atoms with van der Waals surface area (Å²) in [6.45, 7) is 1.93. The molecule has 1 heterocycles. The molecular weight excluding hydrogens is 358 g/mol. The van der Waals surface area contributed by atoms with Crippen molar-refractivity contribution >= 4 is 34.9 Å². The molecule has 7 nitrogen and oxygen atoms in total. The highest BCUT2D eigenvalue weighted by molar-refractivity contribution is 6.52. The Hall–Kier alpha value is -3.74. The SMILES string of the molecule is C/C=C/C(=O)Nc1ccc2c(c1)C(=O)C(=O)N2Cc1ccc(C(=O)NC)cc1. The van der Waals surface area contributed by atoms with Crippen molar-refractivity contribution in [2.75, 3.05) is 17.3 Å². The number of fused-ring (bicyclic) bond motifs is 1. The largest absolute Gasteiger partial charge is 0.355 e. The van der Waals surface area contributed by atoms with Crippen LogP contribution in [-0.4, -0.2) is 30.6 Å². The lowest BCUT2D eigenvalue weighted by atomic mass is 10.1. The fourth-order valence-corrected chi connectivity index (χ4v) is 2.96. The van der Waals surface area contributed by atoms with Crippen LogP contribution in [-0.2, 0) is 16.1 Å². The zero-order valence-electron chi connectivity index (χ0n) is 15.5. The van der Waals surface area contributed by atoms with Crippen LogP contribution in [0, 0.1) is 0 Å². The molecule has 28 heavy (non-hydrogen) atoms. The van der Waals surface area contributed by atoms with Crippen molar-refractivity contribution in [3.05, 3.63) is 71.3 Å². The van der Waals surface area contributed by atoms with Gasteiger partial charge in [-0.25, -0.2) is 0 Å². The molecule has 0 fully saturated rings. The lowest BCUT2D eigenvalue weighted by molar-refractivity contribution is -0.114. The van der Waals surface area contributed by atoms with Gasteiger partial charge in [-0.1, -0.05) is 18.2 Å². The Bertz CT molecular complexity index is 993. The maximum absolute atomic E-state index is 12.4. The van der Waals surface area contributed by atoms with Crippen LogP contribution in [0.3, 0.4) is 0 Å². The first-order valence-electron chi connectivity index (χ1n) is 8.69.